The molecule has 2 bridgehead atoms. The van der Waals surface area contributed by atoms with E-state index in [4.69, 9.17) is 14.2 Å². The molecule has 2 aliphatic rings. The van der Waals surface area contributed by atoms with E-state index in [1.54, 1.807) is 6.92 Å². The normalized spacial score (nSPS) is 47.6. The maximum absolute atomic E-state index is 13.1. The molecule has 174 valence electrons. The van der Waals surface area contributed by atoms with Crippen molar-refractivity contribution in [1.29, 1.82) is 0 Å². The number of rotatable bonds is 1. The molecule has 1 fully saturated rings. The molecule has 2 aliphatic heterocycles. The number of aliphatic hydroxyl groups is 2. The first-order chi connectivity index (χ1) is 13.7. The van der Waals surface area contributed by atoms with E-state index in [0.29, 0.717) is 12.8 Å². The molecule has 0 amide bonds. The first kappa shape index (κ1) is 25.3. The summed E-state index contributed by atoms with van der Waals surface area (Å²) in [6, 6.07) is 0. The van der Waals surface area contributed by atoms with Crippen LogP contribution in [-0.2, 0) is 19.0 Å². The summed E-state index contributed by atoms with van der Waals surface area (Å²) in [4.78, 5) is 13.1. The number of carbonyl (C=O) groups is 1. The lowest BCUT2D eigenvalue weighted by Gasteiger charge is -2.51. The highest BCUT2D eigenvalue weighted by atomic mass is 16.7. The Labute approximate surface area is 182 Å². The number of ether oxygens (including phenoxy) is 3. The molecule has 0 spiro atoms. The van der Waals surface area contributed by atoms with Gasteiger partial charge in [-0.15, -0.1) is 0 Å². The van der Waals surface area contributed by atoms with Gasteiger partial charge in [0, 0.05) is 17.8 Å². The number of aliphatic hydroxyl groups excluding tert-OH is 1. The minimum atomic E-state index is -1.16. The Kier molecular flexibility index (Phi) is 7.82. The topological polar surface area (TPSA) is 85.2 Å². The van der Waals surface area contributed by atoms with Gasteiger partial charge in [0.2, 0.25) is 0 Å². The van der Waals surface area contributed by atoms with Gasteiger partial charge in [-0.3, -0.25) is 4.79 Å². The lowest BCUT2D eigenvalue weighted by Crippen LogP contribution is -2.60. The predicted molar refractivity (Wildman–Crippen MR) is 116 cm³/mol. The smallest absolute Gasteiger partial charge is 0.311 e. The van der Waals surface area contributed by atoms with Crippen LogP contribution in [0.3, 0.4) is 0 Å². The Hall–Kier alpha value is -0.950. The third-order valence-corrected chi connectivity index (χ3v) is 6.82. The molecular formula is C24H42O6. The molecule has 2 rings (SSSR count). The summed E-state index contributed by atoms with van der Waals surface area (Å²) in [5.74, 6) is -2.38. The van der Waals surface area contributed by atoms with Gasteiger partial charge in [-0.05, 0) is 47.5 Å². The molecule has 0 aliphatic carbocycles. The average molecular weight is 427 g/mol. The third-order valence-electron chi connectivity index (χ3n) is 6.82. The number of fused-ring (bicyclic) bond motifs is 2. The van der Waals surface area contributed by atoms with E-state index in [2.05, 4.69) is 0 Å². The fourth-order valence-corrected chi connectivity index (χ4v) is 5.22. The van der Waals surface area contributed by atoms with Crippen molar-refractivity contribution in [3.63, 3.8) is 0 Å². The van der Waals surface area contributed by atoms with E-state index < -0.39 is 35.6 Å². The molecule has 0 radical (unpaired) electrons. The fraction of sp³-hybridized carbons (Fsp3) is 0.875. The Balaban J connectivity index is 2.52. The van der Waals surface area contributed by atoms with Crippen LogP contribution in [0.2, 0.25) is 0 Å². The Bertz CT molecular complexity index is 640. The molecule has 0 unspecified atom stereocenters. The van der Waals surface area contributed by atoms with Gasteiger partial charge in [0.1, 0.15) is 6.10 Å². The van der Waals surface area contributed by atoms with Crippen molar-refractivity contribution in [2.75, 3.05) is 0 Å². The standard InChI is InChI=1S/C24H42O6/c1-10-18-15(4)19(25)14(3)11-13(2)12-24(9,27)21-16(5)20(17(6)22(26)28-18)29-23(7,8)30-21/h11,14-21,25,27H,10,12H2,1-9H3/b13-11-/t14-,15-,16-,17+,18+,19+,20-,21+,24+/m0/s1. The zero-order valence-corrected chi connectivity index (χ0v) is 20.1. The van der Waals surface area contributed by atoms with Gasteiger partial charge in [0.05, 0.1) is 29.8 Å². The van der Waals surface area contributed by atoms with Gasteiger partial charge < -0.3 is 24.4 Å². The number of carbonyl (C=O) groups excluding carboxylic acids is 1. The van der Waals surface area contributed by atoms with Gasteiger partial charge in [0.25, 0.3) is 0 Å². The summed E-state index contributed by atoms with van der Waals surface area (Å²) in [5, 5.41) is 22.3. The van der Waals surface area contributed by atoms with Crippen molar-refractivity contribution in [1.82, 2.24) is 0 Å². The zero-order valence-electron chi connectivity index (χ0n) is 20.1. The number of hydrogen-bond donors (Lipinski definition) is 2. The lowest BCUT2D eigenvalue weighted by atomic mass is 9.77. The zero-order chi connectivity index (χ0) is 23.0. The van der Waals surface area contributed by atoms with E-state index in [1.165, 1.54) is 0 Å². The first-order valence-electron chi connectivity index (χ1n) is 11.3. The Morgan fingerprint density at radius 1 is 1.10 bits per heavy atom. The van der Waals surface area contributed by atoms with Crippen molar-refractivity contribution in [2.45, 2.75) is 111 Å². The van der Waals surface area contributed by atoms with Crippen molar-refractivity contribution in [2.24, 2.45) is 23.7 Å². The summed E-state index contributed by atoms with van der Waals surface area (Å²) in [7, 11) is 0. The summed E-state index contributed by atoms with van der Waals surface area (Å²) in [6.45, 7) is 17.0. The quantitative estimate of drug-likeness (QED) is 0.490. The second kappa shape index (κ2) is 9.27. The van der Waals surface area contributed by atoms with Gasteiger partial charge in [0.15, 0.2) is 5.79 Å². The summed E-state index contributed by atoms with van der Waals surface area (Å²) in [6.07, 6.45) is 1.02. The first-order valence-corrected chi connectivity index (χ1v) is 11.3. The van der Waals surface area contributed by atoms with E-state index in [-0.39, 0.29) is 29.8 Å². The van der Waals surface area contributed by atoms with Crippen LogP contribution >= 0.6 is 0 Å². The summed E-state index contributed by atoms with van der Waals surface area (Å²) in [5.41, 5.74) is -0.166. The molecule has 6 nitrogen and oxygen atoms in total. The third kappa shape index (κ3) is 5.45. The molecule has 6 heteroatoms. The van der Waals surface area contributed by atoms with Crippen LogP contribution in [0.15, 0.2) is 11.6 Å². The number of hydrogen-bond acceptors (Lipinski definition) is 6. The van der Waals surface area contributed by atoms with Gasteiger partial charge in [-0.1, -0.05) is 39.3 Å². The highest BCUT2D eigenvalue weighted by Crippen LogP contribution is 2.41. The molecule has 9 atom stereocenters. The average Bonchev–Trinajstić information content (AvgIpc) is 2.64. The second-order valence-electron chi connectivity index (χ2n) is 10.3. The molecule has 1 saturated heterocycles. The highest BCUT2D eigenvalue weighted by molar-refractivity contribution is 5.73. The predicted octanol–water partition coefficient (Wildman–Crippen LogP) is 3.83. The maximum atomic E-state index is 13.1. The van der Waals surface area contributed by atoms with Crippen LogP contribution in [0.25, 0.3) is 0 Å². The van der Waals surface area contributed by atoms with E-state index in [1.807, 2.05) is 61.5 Å². The van der Waals surface area contributed by atoms with Crippen LogP contribution < -0.4 is 0 Å². The number of esters is 1. The van der Waals surface area contributed by atoms with Gasteiger partial charge in [-0.2, -0.15) is 0 Å². The van der Waals surface area contributed by atoms with Crippen molar-refractivity contribution in [3.05, 3.63) is 11.6 Å². The minimum Gasteiger partial charge on any atom is -0.462 e. The molecule has 0 aromatic carbocycles. The van der Waals surface area contributed by atoms with Crippen LogP contribution in [0.4, 0.5) is 0 Å². The van der Waals surface area contributed by atoms with Crippen molar-refractivity contribution in [3.8, 4) is 0 Å². The van der Waals surface area contributed by atoms with Crippen molar-refractivity contribution >= 4 is 5.97 Å². The molecule has 2 N–H and O–H groups in total. The molecule has 0 aromatic rings. The monoisotopic (exact) mass is 426 g/mol. The van der Waals surface area contributed by atoms with Gasteiger partial charge in [-0.25, -0.2) is 0 Å². The lowest BCUT2D eigenvalue weighted by molar-refractivity contribution is -0.349. The van der Waals surface area contributed by atoms with Crippen molar-refractivity contribution < 1.29 is 29.2 Å². The van der Waals surface area contributed by atoms with E-state index >= 15 is 0 Å². The molecule has 30 heavy (non-hydrogen) atoms. The highest BCUT2D eigenvalue weighted by Gasteiger charge is 2.51. The number of cyclic esters (lactones) is 1. The second-order valence-corrected chi connectivity index (χ2v) is 10.3. The fourth-order valence-electron chi connectivity index (χ4n) is 5.22. The molecular weight excluding hydrogens is 384 g/mol. The van der Waals surface area contributed by atoms with Crippen LogP contribution in [0.1, 0.15) is 75.2 Å². The summed E-state index contributed by atoms with van der Waals surface area (Å²) >= 11 is 0. The largest absolute Gasteiger partial charge is 0.462 e. The SMILES string of the molecule is CC[C@H]1OC(=O)[C@H](C)[C@H]2OC(C)(C)O[C@H]([C@H]2C)[C@](C)(O)C/C(C)=C\[C@H](C)[C@@H](O)[C@H]1C. The Morgan fingerprint density at radius 3 is 2.27 bits per heavy atom. The van der Waals surface area contributed by atoms with Crippen LogP contribution in [0.5, 0.6) is 0 Å². The summed E-state index contributed by atoms with van der Waals surface area (Å²) < 4.78 is 18.2. The van der Waals surface area contributed by atoms with E-state index in [0.717, 1.165) is 5.57 Å². The van der Waals surface area contributed by atoms with Gasteiger partial charge >= 0.3 is 5.97 Å². The van der Waals surface area contributed by atoms with Crippen LogP contribution in [-0.4, -0.2) is 52.0 Å². The van der Waals surface area contributed by atoms with E-state index in [9.17, 15) is 15.0 Å². The molecule has 0 saturated carbocycles. The molecule has 0 aromatic heterocycles. The minimum absolute atomic E-state index is 0.138. The molecule has 2 heterocycles. The maximum Gasteiger partial charge on any atom is 0.311 e. The Morgan fingerprint density at radius 2 is 1.70 bits per heavy atom. The van der Waals surface area contributed by atoms with Crippen LogP contribution in [0, 0.1) is 23.7 Å².